The van der Waals surface area contributed by atoms with Gasteiger partial charge in [-0.2, -0.15) is 0 Å². The van der Waals surface area contributed by atoms with Crippen LogP contribution >= 0.6 is 23.8 Å². The third-order valence-corrected chi connectivity index (χ3v) is 5.17. The summed E-state index contributed by atoms with van der Waals surface area (Å²) in [7, 11) is 0. The molecule has 0 saturated carbocycles. The van der Waals surface area contributed by atoms with E-state index in [1.807, 2.05) is 24.0 Å². The van der Waals surface area contributed by atoms with Gasteiger partial charge in [-0.25, -0.2) is 0 Å². The van der Waals surface area contributed by atoms with Gasteiger partial charge in [0.05, 0.1) is 17.0 Å². The summed E-state index contributed by atoms with van der Waals surface area (Å²) in [5.41, 5.74) is 1.58. The highest BCUT2D eigenvalue weighted by molar-refractivity contribution is 7.80. The van der Waals surface area contributed by atoms with Gasteiger partial charge in [-0.05, 0) is 48.6 Å². The maximum Gasteiger partial charge on any atom is 0.250 e. The number of piperazine rings is 1. The molecule has 2 amide bonds. The van der Waals surface area contributed by atoms with E-state index in [-0.39, 0.29) is 16.9 Å². The van der Waals surface area contributed by atoms with Gasteiger partial charge in [0.15, 0.2) is 5.11 Å². The van der Waals surface area contributed by atoms with Crippen molar-refractivity contribution in [1.82, 2.24) is 10.2 Å². The Hall–Kier alpha value is -2.84. The van der Waals surface area contributed by atoms with Gasteiger partial charge in [-0.1, -0.05) is 18.5 Å². The molecule has 2 aromatic rings. The van der Waals surface area contributed by atoms with Gasteiger partial charge in [0.25, 0.3) is 0 Å². The zero-order valence-corrected chi connectivity index (χ0v) is 18.1. The molecule has 2 N–H and O–H groups in total. The topological polar surface area (TPSA) is 77.8 Å². The standard InChI is InChI=1S/C21H23ClN4O3S/c1-2-20(28)26-11-9-25(10-12-26)18-7-5-15(14-17(18)22)23-21(30)24-19(27)8-6-16-4-3-13-29-16/h3-8,13-14H,2,9-12H2,1H3,(H2,23,24,27,30)/b8-6+. The summed E-state index contributed by atoms with van der Waals surface area (Å²) in [6.07, 6.45) is 4.95. The van der Waals surface area contributed by atoms with E-state index in [4.69, 9.17) is 28.2 Å². The number of hydrogen-bond acceptors (Lipinski definition) is 5. The summed E-state index contributed by atoms with van der Waals surface area (Å²) < 4.78 is 5.13. The molecular formula is C21H23ClN4O3S. The lowest BCUT2D eigenvalue weighted by atomic mass is 10.2. The van der Waals surface area contributed by atoms with E-state index in [2.05, 4.69) is 15.5 Å². The number of furan rings is 1. The average Bonchev–Trinajstić information content (AvgIpc) is 3.25. The summed E-state index contributed by atoms with van der Waals surface area (Å²) in [5, 5.41) is 6.26. The monoisotopic (exact) mass is 446 g/mol. The van der Waals surface area contributed by atoms with Crippen molar-refractivity contribution in [3.05, 3.63) is 53.5 Å². The van der Waals surface area contributed by atoms with Crippen LogP contribution in [0.2, 0.25) is 5.02 Å². The molecule has 7 nitrogen and oxygen atoms in total. The molecule has 1 aromatic carbocycles. The van der Waals surface area contributed by atoms with E-state index in [9.17, 15) is 9.59 Å². The Morgan fingerprint density at radius 2 is 2.00 bits per heavy atom. The molecule has 1 aromatic heterocycles. The second-order valence-electron chi connectivity index (χ2n) is 6.68. The number of benzene rings is 1. The normalized spacial score (nSPS) is 14.1. The Kier molecular flexibility index (Phi) is 7.48. The molecule has 2 heterocycles. The fourth-order valence-corrected chi connectivity index (χ4v) is 3.64. The minimum Gasteiger partial charge on any atom is -0.465 e. The van der Waals surface area contributed by atoms with Crippen molar-refractivity contribution in [2.75, 3.05) is 36.4 Å². The Bertz CT molecular complexity index is 938. The molecular weight excluding hydrogens is 424 g/mol. The molecule has 1 aliphatic heterocycles. The first-order valence-electron chi connectivity index (χ1n) is 9.62. The molecule has 0 bridgehead atoms. The molecule has 1 saturated heterocycles. The van der Waals surface area contributed by atoms with Gasteiger partial charge >= 0.3 is 0 Å². The van der Waals surface area contributed by atoms with Crippen molar-refractivity contribution in [3.8, 4) is 0 Å². The number of carbonyl (C=O) groups is 2. The van der Waals surface area contributed by atoms with Crippen LogP contribution in [0.3, 0.4) is 0 Å². The predicted octanol–water partition coefficient (Wildman–Crippen LogP) is 3.52. The molecule has 0 aliphatic carbocycles. The smallest absolute Gasteiger partial charge is 0.250 e. The summed E-state index contributed by atoms with van der Waals surface area (Å²) >= 11 is 11.7. The van der Waals surface area contributed by atoms with Crippen LogP contribution in [0.15, 0.2) is 47.1 Å². The van der Waals surface area contributed by atoms with Crippen LogP contribution < -0.4 is 15.5 Å². The zero-order valence-electron chi connectivity index (χ0n) is 16.6. The fraction of sp³-hybridized carbons (Fsp3) is 0.286. The lowest BCUT2D eigenvalue weighted by molar-refractivity contribution is -0.131. The van der Waals surface area contributed by atoms with Crippen LogP contribution in [0.5, 0.6) is 0 Å². The summed E-state index contributed by atoms with van der Waals surface area (Å²) in [4.78, 5) is 27.8. The Morgan fingerprint density at radius 3 is 2.63 bits per heavy atom. The van der Waals surface area contributed by atoms with Crippen molar-refractivity contribution >= 4 is 58.2 Å². The molecule has 9 heteroatoms. The number of hydrogen-bond donors (Lipinski definition) is 2. The Labute approximate surface area is 185 Å². The second kappa shape index (κ2) is 10.3. The molecule has 0 atom stereocenters. The quantitative estimate of drug-likeness (QED) is 0.540. The highest BCUT2D eigenvalue weighted by atomic mass is 35.5. The van der Waals surface area contributed by atoms with Gasteiger partial charge in [0.1, 0.15) is 5.76 Å². The van der Waals surface area contributed by atoms with E-state index in [1.54, 1.807) is 24.3 Å². The van der Waals surface area contributed by atoms with Crippen molar-refractivity contribution < 1.29 is 14.0 Å². The lowest BCUT2D eigenvalue weighted by Crippen LogP contribution is -2.48. The molecule has 30 heavy (non-hydrogen) atoms. The number of rotatable bonds is 5. The summed E-state index contributed by atoms with van der Waals surface area (Å²) in [6.45, 7) is 4.71. The predicted molar refractivity (Wildman–Crippen MR) is 123 cm³/mol. The van der Waals surface area contributed by atoms with Gasteiger partial charge in [0.2, 0.25) is 11.8 Å². The van der Waals surface area contributed by atoms with Crippen molar-refractivity contribution in [3.63, 3.8) is 0 Å². The first-order chi connectivity index (χ1) is 14.5. The largest absolute Gasteiger partial charge is 0.465 e. The van der Waals surface area contributed by atoms with E-state index in [0.29, 0.717) is 36.0 Å². The lowest BCUT2D eigenvalue weighted by Gasteiger charge is -2.36. The minimum atomic E-state index is -0.369. The number of halogens is 1. The molecule has 158 valence electrons. The molecule has 0 radical (unpaired) electrons. The minimum absolute atomic E-state index is 0.166. The van der Waals surface area contributed by atoms with Crippen LogP contribution in [0.4, 0.5) is 11.4 Å². The van der Waals surface area contributed by atoms with Crippen LogP contribution in [0, 0.1) is 0 Å². The fourth-order valence-electron chi connectivity index (χ4n) is 3.12. The highest BCUT2D eigenvalue weighted by Crippen LogP contribution is 2.29. The summed E-state index contributed by atoms with van der Waals surface area (Å²) in [5.74, 6) is 0.382. The SMILES string of the molecule is CCC(=O)N1CCN(c2ccc(NC(=S)NC(=O)/C=C/c3ccco3)cc2Cl)CC1. The number of nitrogens with zero attached hydrogens (tertiary/aromatic N) is 2. The van der Waals surface area contributed by atoms with E-state index >= 15 is 0 Å². The second-order valence-corrected chi connectivity index (χ2v) is 7.50. The first-order valence-corrected chi connectivity index (χ1v) is 10.4. The van der Waals surface area contributed by atoms with Crippen LogP contribution in [-0.4, -0.2) is 48.0 Å². The van der Waals surface area contributed by atoms with Gasteiger partial charge in [-0.15, -0.1) is 0 Å². The van der Waals surface area contributed by atoms with Crippen molar-refractivity contribution in [1.29, 1.82) is 0 Å². The highest BCUT2D eigenvalue weighted by Gasteiger charge is 2.21. The number of nitrogens with one attached hydrogen (secondary N) is 2. The Balaban J connectivity index is 1.53. The molecule has 0 spiro atoms. The van der Waals surface area contributed by atoms with Gasteiger partial charge in [-0.3, -0.25) is 14.9 Å². The maximum atomic E-state index is 11.9. The number of anilines is 2. The van der Waals surface area contributed by atoms with Crippen LogP contribution in [-0.2, 0) is 9.59 Å². The maximum absolute atomic E-state index is 11.9. The van der Waals surface area contributed by atoms with Crippen molar-refractivity contribution in [2.45, 2.75) is 13.3 Å². The third kappa shape index (κ3) is 5.84. The molecule has 1 fully saturated rings. The van der Waals surface area contributed by atoms with E-state index in [1.165, 1.54) is 12.3 Å². The third-order valence-electron chi connectivity index (χ3n) is 4.66. The van der Waals surface area contributed by atoms with E-state index < -0.39 is 0 Å². The first kappa shape index (κ1) is 21.9. The average molecular weight is 447 g/mol. The number of amides is 2. The Morgan fingerprint density at radius 1 is 1.23 bits per heavy atom. The molecule has 0 unspecified atom stereocenters. The van der Waals surface area contributed by atoms with Gasteiger partial charge < -0.3 is 19.5 Å². The van der Waals surface area contributed by atoms with Crippen LogP contribution in [0.25, 0.3) is 6.08 Å². The number of carbonyl (C=O) groups excluding carboxylic acids is 2. The zero-order chi connectivity index (χ0) is 21.5. The van der Waals surface area contributed by atoms with E-state index in [0.717, 1.165) is 18.8 Å². The van der Waals surface area contributed by atoms with Crippen molar-refractivity contribution in [2.24, 2.45) is 0 Å². The summed E-state index contributed by atoms with van der Waals surface area (Å²) in [6, 6.07) is 9.00. The molecule has 1 aliphatic rings. The van der Waals surface area contributed by atoms with Gasteiger partial charge in [0, 0.05) is 44.4 Å². The number of thiocarbonyl (C=S) groups is 1. The molecule has 3 rings (SSSR count). The van der Waals surface area contributed by atoms with Crippen LogP contribution in [0.1, 0.15) is 19.1 Å².